The van der Waals surface area contributed by atoms with E-state index in [-0.39, 0.29) is 12.5 Å². The van der Waals surface area contributed by atoms with Gasteiger partial charge in [-0.3, -0.25) is 4.79 Å². The van der Waals surface area contributed by atoms with Crippen molar-refractivity contribution in [3.8, 4) is 0 Å². The van der Waals surface area contributed by atoms with E-state index in [1.165, 1.54) is 4.88 Å². The lowest BCUT2D eigenvalue weighted by molar-refractivity contribution is -0.127. The van der Waals surface area contributed by atoms with Crippen LogP contribution in [0, 0.1) is 5.92 Å². The second-order valence-corrected chi connectivity index (χ2v) is 7.04. The van der Waals surface area contributed by atoms with E-state index in [0.29, 0.717) is 5.92 Å². The van der Waals surface area contributed by atoms with Crippen LogP contribution in [-0.2, 0) is 11.2 Å². The maximum Gasteiger partial charge on any atom is 0.243 e. The zero-order valence-electron chi connectivity index (χ0n) is 14.8. The highest BCUT2D eigenvalue weighted by Crippen LogP contribution is 2.13. The Labute approximate surface area is 144 Å². The fraction of sp³-hybridized carbons (Fsp3) is 0.647. The predicted molar refractivity (Wildman–Crippen MR) is 99.1 cm³/mol. The summed E-state index contributed by atoms with van der Waals surface area (Å²) in [5.41, 5.74) is 0. The standard InChI is InChI=1S/C17H30N4OS/c1-5-6-9-18-17(20-13-16(22)21(3)4)19-12-14(2)11-15-8-7-10-23-15/h7-8,10,14H,5-6,9,11-13H2,1-4H3,(H2,18,19,20). The van der Waals surface area contributed by atoms with Crippen molar-refractivity contribution in [2.45, 2.75) is 33.1 Å². The smallest absolute Gasteiger partial charge is 0.243 e. The molecular formula is C17H30N4OS. The molecule has 1 rings (SSSR count). The van der Waals surface area contributed by atoms with E-state index in [1.54, 1.807) is 30.3 Å². The van der Waals surface area contributed by atoms with Gasteiger partial charge in [0.15, 0.2) is 5.96 Å². The Morgan fingerprint density at radius 1 is 1.39 bits per heavy atom. The summed E-state index contributed by atoms with van der Waals surface area (Å²) in [6.07, 6.45) is 3.28. The lowest BCUT2D eigenvalue weighted by Crippen LogP contribution is -2.41. The summed E-state index contributed by atoms with van der Waals surface area (Å²) in [5, 5.41) is 8.77. The van der Waals surface area contributed by atoms with Crippen LogP contribution < -0.4 is 10.6 Å². The third-order valence-electron chi connectivity index (χ3n) is 3.44. The van der Waals surface area contributed by atoms with Crippen LogP contribution in [0.1, 0.15) is 31.6 Å². The molecule has 0 aromatic carbocycles. The number of guanidine groups is 1. The van der Waals surface area contributed by atoms with Crippen molar-refractivity contribution in [2.24, 2.45) is 10.9 Å². The predicted octanol–water partition coefficient (Wildman–Crippen LogP) is 2.35. The van der Waals surface area contributed by atoms with Crippen molar-refractivity contribution in [3.05, 3.63) is 22.4 Å². The molecule has 2 N–H and O–H groups in total. The van der Waals surface area contributed by atoms with Crippen molar-refractivity contribution in [1.82, 2.24) is 15.5 Å². The van der Waals surface area contributed by atoms with E-state index < -0.39 is 0 Å². The van der Waals surface area contributed by atoms with Crippen LogP contribution in [-0.4, -0.2) is 50.5 Å². The second-order valence-electron chi connectivity index (χ2n) is 6.00. The number of carbonyl (C=O) groups is 1. The van der Waals surface area contributed by atoms with Gasteiger partial charge in [0.1, 0.15) is 6.54 Å². The topological polar surface area (TPSA) is 56.7 Å². The molecule has 0 fully saturated rings. The van der Waals surface area contributed by atoms with Gasteiger partial charge in [-0.05, 0) is 30.2 Å². The lowest BCUT2D eigenvalue weighted by Gasteiger charge is -2.16. The second kappa shape index (κ2) is 11.0. The highest BCUT2D eigenvalue weighted by atomic mass is 32.1. The molecule has 0 saturated heterocycles. The quantitative estimate of drug-likeness (QED) is 0.413. The molecule has 1 aromatic rings. The van der Waals surface area contributed by atoms with Gasteiger partial charge >= 0.3 is 0 Å². The third-order valence-corrected chi connectivity index (χ3v) is 4.34. The van der Waals surface area contributed by atoms with Gasteiger partial charge in [0, 0.05) is 32.1 Å². The molecule has 1 unspecified atom stereocenters. The van der Waals surface area contributed by atoms with Gasteiger partial charge in [0.05, 0.1) is 0 Å². The molecule has 0 radical (unpaired) electrons. The first-order chi connectivity index (χ1) is 11.0. The van der Waals surface area contributed by atoms with Crippen LogP contribution in [0.3, 0.4) is 0 Å². The number of hydrogen-bond acceptors (Lipinski definition) is 3. The number of unbranched alkanes of at least 4 members (excludes halogenated alkanes) is 1. The molecule has 5 nitrogen and oxygen atoms in total. The third kappa shape index (κ3) is 8.59. The summed E-state index contributed by atoms with van der Waals surface area (Å²) in [4.78, 5) is 19.0. The van der Waals surface area contributed by atoms with Crippen molar-refractivity contribution in [1.29, 1.82) is 0 Å². The number of nitrogens with one attached hydrogen (secondary N) is 2. The number of aliphatic imine (C=N–C) groups is 1. The van der Waals surface area contributed by atoms with Crippen LogP contribution in [0.5, 0.6) is 0 Å². The number of carbonyl (C=O) groups excluding carboxylic acids is 1. The van der Waals surface area contributed by atoms with Crippen LogP contribution in [0.2, 0.25) is 0 Å². The number of amides is 1. The van der Waals surface area contributed by atoms with Gasteiger partial charge in [0.2, 0.25) is 5.91 Å². The number of rotatable bonds is 9. The van der Waals surface area contributed by atoms with Crippen LogP contribution in [0.4, 0.5) is 0 Å². The van der Waals surface area contributed by atoms with Gasteiger partial charge in [-0.15, -0.1) is 11.3 Å². The average Bonchev–Trinajstić information content (AvgIpc) is 3.01. The minimum absolute atomic E-state index is 0.00762. The molecular weight excluding hydrogens is 308 g/mol. The Hall–Kier alpha value is -1.56. The van der Waals surface area contributed by atoms with Gasteiger partial charge in [0.25, 0.3) is 0 Å². The minimum atomic E-state index is 0.00762. The fourth-order valence-electron chi connectivity index (χ4n) is 1.96. The van der Waals surface area contributed by atoms with Crippen molar-refractivity contribution >= 4 is 23.2 Å². The zero-order valence-corrected chi connectivity index (χ0v) is 15.6. The Balaban J connectivity index is 2.47. The summed E-state index contributed by atoms with van der Waals surface area (Å²) in [7, 11) is 3.50. The summed E-state index contributed by atoms with van der Waals surface area (Å²) in [5.74, 6) is 1.25. The SMILES string of the molecule is CCCCNC(=NCC(=O)N(C)C)NCC(C)Cc1cccs1. The first-order valence-corrected chi connectivity index (χ1v) is 9.15. The van der Waals surface area contributed by atoms with Crippen LogP contribution in [0.25, 0.3) is 0 Å². The number of hydrogen-bond donors (Lipinski definition) is 2. The molecule has 0 aliphatic carbocycles. The Bertz CT molecular complexity index is 471. The Kier molecular flexibility index (Phi) is 9.36. The van der Waals surface area contributed by atoms with Gasteiger partial charge in [-0.1, -0.05) is 26.3 Å². The molecule has 23 heavy (non-hydrogen) atoms. The molecule has 1 aromatic heterocycles. The summed E-state index contributed by atoms with van der Waals surface area (Å²) in [6.45, 7) is 6.27. The molecule has 0 saturated carbocycles. The van der Waals surface area contributed by atoms with Gasteiger partial charge in [-0.25, -0.2) is 4.99 Å². The normalized spacial score (nSPS) is 12.8. The van der Waals surface area contributed by atoms with E-state index in [0.717, 1.165) is 38.3 Å². The first kappa shape index (κ1) is 19.5. The van der Waals surface area contributed by atoms with Crippen molar-refractivity contribution in [2.75, 3.05) is 33.7 Å². The Morgan fingerprint density at radius 3 is 2.78 bits per heavy atom. The molecule has 0 aliphatic rings. The number of thiophene rings is 1. The Morgan fingerprint density at radius 2 is 2.17 bits per heavy atom. The molecule has 6 heteroatoms. The number of nitrogens with zero attached hydrogens (tertiary/aromatic N) is 2. The van der Waals surface area contributed by atoms with E-state index in [4.69, 9.17) is 0 Å². The minimum Gasteiger partial charge on any atom is -0.356 e. The van der Waals surface area contributed by atoms with Gasteiger partial charge < -0.3 is 15.5 Å². The summed E-state index contributed by atoms with van der Waals surface area (Å²) >= 11 is 1.80. The molecule has 1 amide bonds. The fourth-order valence-corrected chi connectivity index (χ4v) is 2.83. The largest absolute Gasteiger partial charge is 0.356 e. The maximum absolute atomic E-state index is 11.7. The molecule has 0 spiro atoms. The highest BCUT2D eigenvalue weighted by Gasteiger charge is 2.08. The van der Waals surface area contributed by atoms with Crippen LogP contribution in [0.15, 0.2) is 22.5 Å². The monoisotopic (exact) mass is 338 g/mol. The molecule has 0 bridgehead atoms. The molecule has 1 atom stereocenters. The zero-order chi connectivity index (χ0) is 17.1. The van der Waals surface area contributed by atoms with E-state index in [1.807, 2.05) is 0 Å². The molecule has 130 valence electrons. The van der Waals surface area contributed by atoms with Crippen molar-refractivity contribution in [3.63, 3.8) is 0 Å². The summed E-state index contributed by atoms with van der Waals surface area (Å²) < 4.78 is 0. The van der Waals surface area contributed by atoms with E-state index in [9.17, 15) is 4.79 Å². The molecule has 1 heterocycles. The summed E-state index contributed by atoms with van der Waals surface area (Å²) in [6, 6.07) is 4.26. The average molecular weight is 339 g/mol. The van der Waals surface area contributed by atoms with E-state index >= 15 is 0 Å². The maximum atomic E-state index is 11.7. The van der Waals surface area contributed by atoms with E-state index in [2.05, 4.69) is 47.0 Å². The van der Waals surface area contributed by atoms with Crippen LogP contribution >= 0.6 is 11.3 Å². The van der Waals surface area contributed by atoms with Crippen molar-refractivity contribution < 1.29 is 4.79 Å². The first-order valence-electron chi connectivity index (χ1n) is 8.27. The number of likely N-dealkylation sites (N-methyl/N-ethyl adjacent to an activating group) is 1. The highest BCUT2D eigenvalue weighted by molar-refractivity contribution is 7.09. The lowest BCUT2D eigenvalue weighted by atomic mass is 10.1. The van der Waals surface area contributed by atoms with Gasteiger partial charge in [-0.2, -0.15) is 0 Å². The molecule has 0 aliphatic heterocycles.